The first kappa shape index (κ1) is 12.6. The molecule has 2 aromatic rings. The molecule has 2 aromatic heterocycles. The molecule has 0 unspecified atom stereocenters. The second-order valence-corrected chi connectivity index (χ2v) is 4.37. The molecular weight excluding hydrogens is 226 g/mol. The van der Waals surface area contributed by atoms with Gasteiger partial charge >= 0.3 is 0 Å². The largest absolute Gasteiger partial charge is 0.469 e. The van der Waals surface area contributed by atoms with Gasteiger partial charge in [-0.25, -0.2) is 4.98 Å². The number of hydrogen-bond donors (Lipinski definition) is 1. The van der Waals surface area contributed by atoms with Crippen LogP contribution in [0, 0.1) is 6.92 Å². The summed E-state index contributed by atoms with van der Waals surface area (Å²) in [6.45, 7) is 3.60. The predicted octanol–water partition coefficient (Wildman–Crippen LogP) is 2.34. The van der Waals surface area contributed by atoms with Crippen LogP contribution in [0.25, 0.3) is 0 Å². The van der Waals surface area contributed by atoms with Gasteiger partial charge in [-0.2, -0.15) is 0 Å². The first-order valence-electron chi connectivity index (χ1n) is 6.05. The van der Waals surface area contributed by atoms with E-state index in [1.807, 2.05) is 39.3 Å². The summed E-state index contributed by atoms with van der Waals surface area (Å²) in [5.74, 6) is 1.97. The van der Waals surface area contributed by atoms with Gasteiger partial charge in [-0.15, -0.1) is 0 Å². The van der Waals surface area contributed by atoms with Crippen molar-refractivity contribution in [3.63, 3.8) is 0 Å². The van der Waals surface area contributed by atoms with E-state index < -0.39 is 0 Å². The molecule has 4 heteroatoms. The lowest BCUT2D eigenvalue weighted by atomic mass is 10.2. The Balaban J connectivity index is 2.18. The number of aromatic nitrogens is 1. The third-order valence-corrected chi connectivity index (χ3v) is 2.97. The van der Waals surface area contributed by atoms with Crippen LogP contribution in [0.4, 0.5) is 5.82 Å². The van der Waals surface area contributed by atoms with Gasteiger partial charge in [0.2, 0.25) is 0 Å². The predicted molar refractivity (Wildman–Crippen MR) is 72.6 cm³/mol. The third-order valence-electron chi connectivity index (χ3n) is 2.97. The van der Waals surface area contributed by atoms with Gasteiger partial charge < -0.3 is 14.6 Å². The molecular formula is C14H19N3O. The fourth-order valence-electron chi connectivity index (χ4n) is 2.01. The lowest BCUT2D eigenvalue weighted by Gasteiger charge is -2.20. The summed E-state index contributed by atoms with van der Waals surface area (Å²) in [6, 6.07) is 6.07. The highest BCUT2D eigenvalue weighted by Crippen LogP contribution is 2.19. The Morgan fingerprint density at radius 3 is 2.83 bits per heavy atom. The minimum absolute atomic E-state index is 0.802. The van der Waals surface area contributed by atoms with Gasteiger partial charge in [0.25, 0.3) is 0 Å². The molecule has 0 aromatic carbocycles. The Morgan fingerprint density at radius 1 is 1.33 bits per heavy atom. The van der Waals surface area contributed by atoms with Crippen molar-refractivity contribution in [3.8, 4) is 0 Å². The standard InChI is InChI=1S/C14H19N3O/c1-11-13(6-8-18-11)10-17(3)14-12(9-15-2)5-4-7-16-14/h4-8,15H,9-10H2,1-3H3. The maximum absolute atomic E-state index is 5.32. The minimum Gasteiger partial charge on any atom is -0.469 e. The van der Waals surface area contributed by atoms with Gasteiger partial charge in [-0.05, 0) is 26.1 Å². The monoisotopic (exact) mass is 245 g/mol. The van der Waals surface area contributed by atoms with Crippen molar-refractivity contribution in [1.82, 2.24) is 10.3 Å². The van der Waals surface area contributed by atoms with Gasteiger partial charge in [-0.1, -0.05) is 6.07 Å². The van der Waals surface area contributed by atoms with Crippen LogP contribution in [0.1, 0.15) is 16.9 Å². The normalized spacial score (nSPS) is 10.6. The molecule has 4 nitrogen and oxygen atoms in total. The summed E-state index contributed by atoms with van der Waals surface area (Å²) in [5, 5.41) is 3.16. The van der Waals surface area contributed by atoms with Crippen LogP contribution in [0.3, 0.4) is 0 Å². The quantitative estimate of drug-likeness (QED) is 0.878. The maximum Gasteiger partial charge on any atom is 0.133 e. The van der Waals surface area contributed by atoms with Crippen molar-refractivity contribution in [3.05, 3.63) is 47.5 Å². The van der Waals surface area contributed by atoms with Gasteiger partial charge in [-0.3, -0.25) is 0 Å². The molecule has 2 heterocycles. The van der Waals surface area contributed by atoms with Gasteiger partial charge in [0, 0.05) is 37.5 Å². The smallest absolute Gasteiger partial charge is 0.133 e. The number of pyridine rings is 1. The van der Waals surface area contributed by atoms with Crippen LogP contribution in [-0.2, 0) is 13.1 Å². The van der Waals surface area contributed by atoms with Gasteiger partial charge in [0.15, 0.2) is 0 Å². The molecule has 0 radical (unpaired) electrons. The summed E-state index contributed by atoms with van der Waals surface area (Å²) in [7, 11) is 3.99. The molecule has 0 bridgehead atoms. The molecule has 0 fully saturated rings. The Kier molecular flexibility index (Phi) is 3.99. The van der Waals surface area contributed by atoms with Crippen molar-refractivity contribution in [2.24, 2.45) is 0 Å². The fourth-order valence-corrected chi connectivity index (χ4v) is 2.01. The number of anilines is 1. The summed E-state index contributed by atoms with van der Waals surface area (Å²) < 4.78 is 5.32. The average molecular weight is 245 g/mol. The van der Waals surface area contributed by atoms with Crippen molar-refractivity contribution in [2.45, 2.75) is 20.0 Å². The van der Waals surface area contributed by atoms with E-state index >= 15 is 0 Å². The fraction of sp³-hybridized carbons (Fsp3) is 0.357. The molecule has 0 amide bonds. The summed E-state index contributed by atoms with van der Waals surface area (Å²) >= 11 is 0. The van der Waals surface area contributed by atoms with Gasteiger partial charge in [0.05, 0.1) is 6.26 Å². The Morgan fingerprint density at radius 2 is 2.17 bits per heavy atom. The highest BCUT2D eigenvalue weighted by Gasteiger charge is 2.10. The summed E-state index contributed by atoms with van der Waals surface area (Å²) in [5.41, 5.74) is 2.39. The minimum atomic E-state index is 0.802. The van der Waals surface area contributed by atoms with E-state index in [0.29, 0.717) is 0 Å². The van der Waals surface area contributed by atoms with Crippen molar-refractivity contribution >= 4 is 5.82 Å². The highest BCUT2D eigenvalue weighted by atomic mass is 16.3. The second-order valence-electron chi connectivity index (χ2n) is 4.37. The zero-order chi connectivity index (χ0) is 13.0. The molecule has 96 valence electrons. The van der Waals surface area contributed by atoms with E-state index in [9.17, 15) is 0 Å². The lowest BCUT2D eigenvalue weighted by molar-refractivity contribution is 0.529. The third kappa shape index (κ3) is 2.71. The van der Waals surface area contributed by atoms with E-state index in [2.05, 4.69) is 21.3 Å². The van der Waals surface area contributed by atoms with E-state index in [4.69, 9.17) is 4.42 Å². The molecule has 0 aliphatic heterocycles. The highest BCUT2D eigenvalue weighted by molar-refractivity contribution is 5.46. The van der Waals surface area contributed by atoms with E-state index in [1.54, 1.807) is 6.26 Å². The molecule has 2 rings (SSSR count). The maximum atomic E-state index is 5.32. The number of rotatable bonds is 5. The molecule has 0 saturated carbocycles. The molecule has 0 spiro atoms. The van der Waals surface area contributed by atoms with E-state index in [-0.39, 0.29) is 0 Å². The van der Waals surface area contributed by atoms with Crippen molar-refractivity contribution in [2.75, 3.05) is 19.0 Å². The van der Waals surface area contributed by atoms with Crippen LogP contribution in [0.15, 0.2) is 35.1 Å². The van der Waals surface area contributed by atoms with Crippen LogP contribution >= 0.6 is 0 Å². The van der Waals surface area contributed by atoms with Crippen LogP contribution in [0.2, 0.25) is 0 Å². The second kappa shape index (κ2) is 5.69. The molecule has 0 atom stereocenters. The number of nitrogens with zero attached hydrogens (tertiary/aromatic N) is 2. The zero-order valence-electron chi connectivity index (χ0n) is 11.1. The Hall–Kier alpha value is -1.81. The first-order chi connectivity index (χ1) is 8.72. The summed E-state index contributed by atoms with van der Waals surface area (Å²) in [4.78, 5) is 6.61. The Labute approximate surface area is 108 Å². The Bertz CT molecular complexity index is 507. The SMILES string of the molecule is CNCc1cccnc1N(C)Cc1ccoc1C. The molecule has 0 saturated heterocycles. The number of aryl methyl sites for hydroxylation is 1. The molecule has 0 aliphatic rings. The number of hydrogen-bond acceptors (Lipinski definition) is 4. The molecule has 0 aliphatic carbocycles. The van der Waals surface area contributed by atoms with Crippen LogP contribution in [-0.4, -0.2) is 19.1 Å². The zero-order valence-corrected chi connectivity index (χ0v) is 11.1. The topological polar surface area (TPSA) is 41.3 Å². The molecule has 18 heavy (non-hydrogen) atoms. The number of furan rings is 1. The number of nitrogens with one attached hydrogen (secondary N) is 1. The lowest BCUT2D eigenvalue weighted by Crippen LogP contribution is -2.21. The molecule has 1 N–H and O–H groups in total. The van der Waals surface area contributed by atoms with E-state index in [0.717, 1.165) is 24.7 Å². The summed E-state index contributed by atoms with van der Waals surface area (Å²) in [6.07, 6.45) is 3.55. The van der Waals surface area contributed by atoms with Gasteiger partial charge in [0.1, 0.15) is 11.6 Å². The average Bonchev–Trinajstić information content (AvgIpc) is 2.76. The van der Waals surface area contributed by atoms with Crippen LogP contribution in [0.5, 0.6) is 0 Å². The first-order valence-corrected chi connectivity index (χ1v) is 6.05. The van der Waals surface area contributed by atoms with Crippen molar-refractivity contribution < 1.29 is 4.42 Å². The van der Waals surface area contributed by atoms with E-state index in [1.165, 1.54) is 11.1 Å². The van der Waals surface area contributed by atoms with Crippen LogP contribution < -0.4 is 10.2 Å². The van der Waals surface area contributed by atoms with Crippen molar-refractivity contribution in [1.29, 1.82) is 0 Å².